The van der Waals surface area contributed by atoms with E-state index in [4.69, 9.17) is 9.47 Å². The topological polar surface area (TPSA) is 98.7 Å². The standard InChI is InChI=1S/2C28H28O3.Mg/c2*1-31-26-7-6-23(21-2-3-22-12-24(27(29)30)5-4-20(22)11-21)13-25(26)28-14-17-8-18(15-28)10-19(9-17)16-28;/h2*2-7,11-13,17-19H,8-10,14-16H2,1H3,(H,29,30);/q;;+2/p-2. The summed E-state index contributed by atoms with van der Waals surface area (Å²) in [7, 11) is 3.59. The second-order valence-corrected chi connectivity index (χ2v) is 20.4. The van der Waals surface area contributed by atoms with Crippen LogP contribution in [0.1, 0.15) is 109 Å². The zero-order chi connectivity index (χ0) is 42.3. The number of carboxylic acid groups (broad SMARTS) is 2. The molecule has 6 nitrogen and oxygen atoms in total. The Morgan fingerprint density at radius 1 is 0.429 bits per heavy atom. The van der Waals surface area contributed by atoms with Crippen molar-refractivity contribution < 1.29 is 29.3 Å². The molecule has 8 fully saturated rings. The van der Waals surface area contributed by atoms with Crippen molar-refractivity contribution in [3.63, 3.8) is 0 Å². The number of carboxylic acids is 2. The van der Waals surface area contributed by atoms with Crippen molar-refractivity contribution in [2.75, 3.05) is 14.2 Å². The van der Waals surface area contributed by atoms with E-state index in [0.29, 0.717) is 0 Å². The SMILES string of the molecule is COc1ccc(-c2ccc3cc(C(=O)[O-])ccc3c2)cc1C12CC3CC(CC(C3)C1)C2.COc1ccc(-c2ccc3cc(C(=O)[O-])ccc3c2)cc1C12CC3CC(CC(C3)C1)C2.[Mg+2]. The van der Waals surface area contributed by atoms with E-state index < -0.39 is 11.9 Å². The molecule has 6 aromatic rings. The summed E-state index contributed by atoms with van der Waals surface area (Å²) < 4.78 is 11.7. The van der Waals surface area contributed by atoms with Crippen molar-refractivity contribution >= 4 is 56.5 Å². The fourth-order valence-corrected chi connectivity index (χ4v) is 14.6. The zero-order valence-electron chi connectivity index (χ0n) is 36.5. The van der Waals surface area contributed by atoms with E-state index in [-0.39, 0.29) is 45.0 Å². The maximum absolute atomic E-state index is 11.2. The van der Waals surface area contributed by atoms with E-state index in [1.165, 1.54) is 99.3 Å². The predicted octanol–water partition coefficient (Wildman–Crippen LogP) is 10.3. The van der Waals surface area contributed by atoms with Crippen molar-refractivity contribution in [2.24, 2.45) is 35.5 Å². The molecule has 0 aromatic heterocycles. The molecule has 7 heteroatoms. The van der Waals surface area contributed by atoms with Gasteiger partial charge in [-0.25, -0.2) is 0 Å². The largest absolute Gasteiger partial charge is 2.00 e. The van der Waals surface area contributed by atoms with Crippen molar-refractivity contribution in [1.29, 1.82) is 0 Å². The average molecular weight is 847 g/mol. The van der Waals surface area contributed by atoms with Gasteiger partial charge in [0.2, 0.25) is 0 Å². The van der Waals surface area contributed by atoms with Gasteiger partial charge >= 0.3 is 23.1 Å². The predicted molar refractivity (Wildman–Crippen MR) is 246 cm³/mol. The molecule has 0 atom stereocenters. The van der Waals surface area contributed by atoms with E-state index in [1.807, 2.05) is 24.3 Å². The number of fused-ring (bicyclic) bond motifs is 2. The first-order chi connectivity index (χ1) is 30.1. The molecule has 0 N–H and O–H groups in total. The van der Waals surface area contributed by atoms with Crippen molar-refractivity contribution in [2.45, 2.75) is 87.9 Å². The molecule has 8 saturated carbocycles. The third-order valence-corrected chi connectivity index (χ3v) is 16.4. The van der Waals surface area contributed by atoms with Gasteiger partial charge in [-0.2, -0.15) is 0 Å². The Kier molecular flexibility index (Phi) is 10.9. The van der Waals surface area contributed by atoms with Crippen LogP contribution in [-0.4, -0.2) is 49.2 Å². The molecule has 0 radical (unpaired) electrons. The van der Waals surface area contributed by atoms with Gasteiger partial charge in [0.15, 0.2) is 0 Å². The van der Waals surface area contributed by atoms with E-state index >= 15 is 0 Å². The number of methoxy groups -OCH3 is 2. The Morgan fingerprint density at radius 3 is 1.03 bits per heavy atom. The van der Waals surface area contributed by atoms with Gasteiger partial charge < -0.3 is 29.3 Å². The molecule has 0 saturated heterocycles. The molecule has 63 heavy (non-hydrogen) atoms. The van der Waals surface area contributed by atoms with Crippen LogP contribution in [-0.2, 0) is 10.8 Å². The number of carbonyl (C=O) groups is 2. The molecule has 0 unspecified atom stereocenters. The molecule has 8 aliphatic carbocycles. The monoisotopic (exact) mass is 846 g/mol. The van der Waals surface area contributed by atoms with Crippen LogP contribution in [0.2, 0.25) is 0 Å². The molecule has 14 rings (SSSR count). The van der Waals surface area contributed by atoms with Gasteiger partial charge in [0, 0.05) is 11.1 Å². The molecule has 0 heterocycles. The van der Waals surface area contributed by atoms with Crippen LogP contribution in [0.3, 0.4) is 0 Å². The van der Waals surface area contributed by atoms with Gasteiger partial charge in [-0.1, -0.05) is 60.7 Å². The quantitative estimate of drug-likeness (QED) is 0.142. The van der Waals surface area contributed by atoms with Crippen molar-refractivity contribution in [1.82, 2.24) is 0 Å². The summed E-state index contributed by atoms with van der Waals surface area (Å²) in [5, 5.41) is 26.2. The minimum Gasteiger partial charge on any atom is -0.545 e. The summed E-state index contributed by atoms with van der Waals surface area (Å²) in [5.74, 6) is 5.11. The van der Waals surface area contributed by atoms with E-state index in [2.05, 4.69) is 60.7 Å². The first kappa shape index (κ1) is 42.1. The van der Waals surface area contributed by atoms with Crippen LogP contribution in [0, 0.1) is 35.5 Å². The molecule has 0 aliphatic heterocycles. The van der Waals surface area contributed by atoms with Gasteiger partial charge in [0.05, 0.1) is 26.2 Å². The Bertz CT molecular complexity index is 2510. The summed E-state index contributed by atoms with van der Waals surface area (Å²) in [4.78, 5) is 22.3. The molecular weight excluding hydrogens is 793 g/mol. The van der Waals surface area contributed by atoms with Crippen LogP contribution >= 0.6 is 0 Å². The van der Waals surface area contributed by atoms with Crippen LogP contribution < -0.4 is 19.7 Å². The summed E-state index contributed by atoms with van der Waals surface area (Å²) in [6, 6.07) is 36.2. The smallest absolute Gasteiger partial charge is 0.545 e. The normalized spacial score (nSPS) is 28.3. The first-order valence-electron chi connectivity index (χ1n) is 22.9. The fourth-order valence-electron chi connectivity index (χ4n) is 14.6. The van der Waals surface area contributed by atoms with E-state index in [0.717, 1.165) is 79.7 Å². The third kappa shape index (κ3) is 7.61. The molecule has 316 valence electrons. The Balaban J connectivity index is 0.000000147. The van der Waals surface area contributed by atoms with Crippen LogP contribution in [0.15, 0.2) is 109 Å². The zero-order valence-corrected chi connectivity index (χ0v) is 37.9. The van der Waals surface area contributed by atoms with E-state index in [1.54, 1.807) is 38.5 Å². The molecule has 0 spiro atoms. The van der Waals surface area contributed by atoms with E-state index in [9.17, 15) is 19.8 Å². The summed E-state index contributed by atoms with van der Waals surface area (Å²) in [6.45, 7) is 0. The number of carbonyl (C=O) groups excluding carboxylic acids is 2. The second kappa shape index (κ2) is 16.3. The number of hydrogen-bond donors (Lipinski definition) is 0. The van der Waals surface area contributed by atoms with Crippen LogP contribution in [0.5, 0.6) is 11.5 Å². The summed E-state index contributed by atoms with van der Waals surface area (Å²) in [5.41, 5.74) is 8.51. The van der Waals surface area contributed by atoms with Gasteiger partial charge in [0.25, 0.3) is 0 Å². The fraction of sp³-hybridized carbons (Fsp3) is 0.393. The Labute approximate surface area is 386 Å². The molecule has 0 amide bonds. The molecule has 8 bridgehead atoms. The van der Waals surface area contributed by atoms with Crippen molar-refractivity contribution in [3.8, 4) is 33.8 Å². The van der Waals surface area contributed by atoms with Crippen LogP contribution in [0.4, 0.5) is 0 Å². The maximum atomic E-state index is 11.2. The maximum Gasteiger partial charge on any atom is 2.00 e. The Morgan fingerprint density at radius 2 is 0.714 bits per heavy atom. The Hall–Kier alpha value is -4.85. The van der Waals surface area contributed by atoms with Gasteiger partial charge in [-0.15, -0.1) is 0 Å². The number of hydrogen-bond acceptors (Lipinski definition) is 6. The van der Waals surface area contributed by atoms with Gasteiger partial charge in [-0.3, -0.25) is 0 Å². The number of benzene rings is 6. The van der Waals surface area contributed by atoms with Crippen LogP contribution in [0.25, 0.3) is 43.8 Å². The van der Waals surface area contributed by atoms with Gasteiger partial charge in [-0.05, 0) is 227 Å². The minimum atomic E-state index is -1.14. The summed E-state index contributed by atoms with van der Waals surface area (Å²) in [6.07, 6.45) is 16.4. The molecule has 6 aromatic carbocycles. The number of aromatic carboxylic acids is 2. The number of rotatable bonds is 8. The molecular formula is C56H54MgO6. The molecule has 8 aliphatic rings. The third-order valence-electron chi connectivity index (χ3n) is 16.4. The number of ether oxygens (including phenoxy) is 2. The first-order valence-corrected chi connectivity index (χ1v) is 22.9. The second-order valence-electron chi connectivity index (χ2n) is 20.4. The van der Waals surface area contributed by atoms with Crippen molar-refractivity contribution in [3.05, 3.63) is 131 Å². The summed E-state index contributed by atoms with van der Waals surface area (Å²) >= 11 is 0. The minimum absolute atomic E-state index is 0. The van der Waals surface area contributed by atoms with Gasteiger partial charge in [0.1, 0.15) is 11.5 Å². The average Bonchev–Trinajstić information content (AvgIpc) is 3.27.